The lowest BCUT2D eigenvalue weighted by Gasteiger charge is -2.31. The molecule has 2 atom stereocenters. The molecule has 0 spiro atoms. The van der Waals surface area contributed by atoms with Crippen LogP contribution in [-0.2, 0) is 4.79 Å². The minimum Gasteiger partial charge on any atom is -0.480 e. The van der Waals surface area contributed by atoms with Crippen molar-refractivity contribution in [1.29, 1.82) is 0 Å². The van der Waals surface area contributed by atoms with Gasteiger partial charge in [-0.15, -0.1) is 0 Å². The number of nitrogens with one attached hydrogen (secondary N) is 1. The SMILES string of the molecule is CC1CCCN1C(=O)N[C@H](C(=O)O)C(C)(C)C. The molecule has 0 aliphatic carbocycles. The number of nitrogens with zero attached hydrogens (tertiary/aromatic N) is 1. The Morgan fingerprint density at radius 3 is 2.35 bits per heavy atom. The van der Waals surface area contributed by atoms with E-state index in [-0.39, 0.29) is 12.1 Å². The van der Waals surface area contributed by atoms with Crippen molar-refractivity contribution < 1.29 is 14.7 Å². The van der Waals surface area contributed by atoms with Gasteiger partial charge in [-0.2, -0.15) is 0 Å². The van der Waals surface area contributed by atoms with Crippen LogP contribution in [0.4, 0.5) is 4.79 Å². The van der Waals surface area contributed by atoms with Crippen molar-refractivity contribution in [3.05, 3.63) is 0 Å². The smallest absolute Gasteiger partial charge is 0.326 e. The van der Waals surface area contributed by atoms with Gasteiger partial charge in [-0.05, 0) is 25.2 Å². The van der Waals surface area contributed by atoms with Gasteiger partial charge < -0.3 is 15.3 Å². The Labute approximate surface area is 102 Å². The van der Waals surface area contributed by atoms with Crippen LogP contribution < -0.4 is 5.32 Å². The Morgan fingerprint density at radius 1 is 1.41 bits per heavy atom. The minimum absolute atomic E-state index is 0.199. The fourth-order valence-corrected chi connectivity index (χ4v) is 2.09. The van der Waals surface area contributed by atoms with Gasteiger partial charge in [0.2, 0.25) is 0 Å². The largest absolute Gasteiger partial charge is 0.480 e. The number of aliphatic carboxylic acids is 1. The van der Waals surface area contributed by atoms with E-state index in [0.717, 1.165) is 12.8 Å². The number of rotatable bonds is 2. The summed E-state index contributed by atoms with van der Waals surface area (Å²) in [7, 11) is 0. The standard InChI is InChI=1S/C12H22N2O3/c1-8-6-5-7-14(8)11(17)13-9(10(15)16)12(2,3)4/h8-9H,5-7H2,1-4H3,(H,13,17)(H,15,16)/t8?,9-/m1/s1. The van der Waals surface area contributed by atoms with Crippen molar-refractivity contribution in [1.82, 2.24) is 10.2 Å². The number of carbonyl (C=O) groups excluding carboxylic acids is 1. The van der Waals surface area contributed by atoms with Gasteiger partial charge in [0.1, 0.15) is 6.04 Å². The molecular formula is C12H22N2O3. The molecule has 0 aromatic carbocycles. The van der Waals surface area contributed by atoms with E-state index in [1.54, 1.807) is 25.7 Å². The molecule has 1 rings (SSSR count). The molecule has 1 unspecified atom stereocenters. The molecule has 0 aromatic heterocycles. The van der Waals surface area contributed by atoms with Crippen molar-refractivity contribution in [2.45, 2.75) is 52.6 Å². The number of likely N-dealkylation sites (tertiary alicyclic amines) is 1. The lowest BCUT2D eigenvalue weighted by molar-refractivity contribution is -0.142. The molecule has 0 saturated carbocycles. The van der Waals surface area contributed by atoms with Gasteiger partial charge in [0.05, 0.1) is 0 Å². The summed E-state index contributed by atoms with van der Waals surface area (Å²) in [5.74, 6) is -0.988. The molecule has 2 N–H and O–H groups in total. The molecule has 17 heavy (non-hydrogen) atoms. The molecule has 0 aromatic rings. The summed E-state index contributed by atoms with van der Waals surface area (Å²) >= 11 is 0. The van der Waals surface area contributed by atoms with Gasteiger partial charge in [-0.3, -0.25) is 0 Å². The summed E-state index contributed by atoms with van der Waals surface area (Å²) in [5.41, 5.74) is -0.496. The zero-order valence-corrected chi connectivity index (χ0v) is 11.0. The molecule has 1 fully saturated rings. The van der Waals surface area contributed by atoms with Crippen LogP contribution in [0.15, 0.2) is 0 Å². The molecule has 2 amide bonds. The molecule has 1 heterocycles. The predicted molar refractivity (Wildman–Crippen MR) is 64.8 cm³/mol. The molecule has 5 nitrogen and oxygen atoms in total. The van der Waals surface area contributed by atoms with Crippen LogP contribution in [-0.4, -0.2) is 40.6 Å². The van der Waals surface area contributed by atoms with Crippen LogP contribution in [0.2, 0.25) is 0 Å². The van der Waals surface area contributed by atoms with Crippen molar-refractivity contribution in [2.24, 2.45) is 5.41 Å². The molecule has 5 heteroatoms. The lowest BCUT2D eigenvalue weighted by Crippen LogP contribution is -2.53. The Bertz CT molecular complexity index is 309. The average molecular weight is 242 g/mol. The van der Waals surface area contributed by atoms with E-state index in [1.807, 2.05) is 6.92 Å². The van der Waals surface area contributed by atoms with Gasteiger partial charge >= 0.3 is 12.0 Å². The van der Waals surface area contributed by atoms with Gasteiger partial charge in [-0.1, -0.05) is 20.8 Å². The van der Waals surface area contributed by atoms with E-state index in [9.17, 15) is 9.59 Å². The van der Waals surface area contributed by atoms with E-state index < -0.39 is 17.4 Å². The first-order chi connectivity index (χ1) is 7.73. The van der Waals surface area contributed by atoms with Crippen LogP contribution in [0.3, 0.4) is 0 Å². The molecular weight excluding hydrogens is 220 g/mol. The van der Waals surface area contributed by atoms with Crippen LogP contribution in [0.25, 0.3) is 0 Å². The first-order valence-electron chi connectivity index (χ1n) is 6.03. The second-order valence-electron chi connectivity index (χ2n) is 5.77. The Balaban J connectivity index is 2.68. The topological polar surface area (TPSA) is 69.6 Å². The summed E-state index contributed by atoms with van der Waals surface area (Å²) < 4.78 is 0. The van der Waals surface area contributed by atoms with E-state index in [4.69, 9.17) is 5.11 Å². The highest BCUT2D eigenvalue weighted by Gasteiger charge is 2.35. The first-order valence-corrected chi connectivity index (χ1v) is 6.03. The molecule has 0 bridgehead atoms. The third-order valence-electron chi connectivity index (χ3n) is 3.19. The quantitative estimate of drug-likeness (QED) is 0.774. The number of carbonyl (C=O) groups is 2. The van der Waals surface area contributed by atoms with Crippen molar-refractivity contribution in [3.8, 4) is 0 Å². The van der Waals surface area contributed by atoms with Crippen molar-refractivity contribution in [2.75, 3.05) is 6.54 Å². The molecule has 1 aliphatic rings. The zero-order valence-electron chi connectivity index (χ0n) is 11.0. The monoisotopic (exact) mass is 242 g/mol. The van der Waals surface area contributed by atoms with E-state index >= 15 is 0 Å². The number of urea groups is 1. The number of hydrogen-bond donors (Lipinski definition) is 2. The molecule has 1 saturated heterocycles. The maximum atomic E-state index is 12.0. The average Bonchev–Trinajstić information content (AvgIpc) is 2.58. The first kappa shape index (κ1) is 13.8. The summed E-state index contributed by atoms with van der Waals surface area (Å²) in [5, 5.41) is 11.7. The third kappa shape index (κ3) is 3.35. The van der Waals surface area contributed by atoms with Gasteiger partial charge in [0.25, 0.3) is 0 Å². The molecule has 98 valence electrons. The number of carboxylic acids is 1. The second-order valence-corrected chi connectivity index (χ2v) is 5.77. The number of amides is 2. The Hall–Kier alpha value is -1.26. The maximum absolute atomic E-state index is 12.0. The lowest BCUT2D eigenvalue weighted by atomic mass is 9.87. The van der Waals surface area contributed by atoms with Crippen LogP contribution >= 0.6 is 0 Å². The second kappa shape index (κ2) is 4.94. The fourth-order valence-electron chi connectivity index (χ4n) is 2.09. The van der Waals surface area contributed by atoms with Crippen LogP contribution in [0.5, 0.6) is 0 Å². The fraction of sp³-hybridized carbons (Fsp3) is 0.833. The highest BCUT2D eigenvalue weighted by atomic mass is 16.4. The maximum Gasteiger partial charge on any atom is 0.326 e. The molecule has 0 radical (unpaired) electrons. The van der Waals surface area contributed by atoms with Gasteiger partial charge in [0, 0.05) is 12.6 Å². The Kier molecular flexibility index (Phi) is 4.01. The summed E-state index contributed by atoms with van der Waals surface area (Å²) in [6.07, 6.45) is 1.97. The summed E-state index contributed by atoms with van der Waals surface area (Å²) in [6, 6.07) is -0.926. The minimum atomic E-state index is -0.988. The zero-order chi connectivity index (χ0) is 13.2. The van der Waals surface area contributed by atoms with Gasteiger partial charge in [0.15, 0.2) is 0 Å². The third-order valence-corrected chi connectivity index (χ3v) is 3.19. The van der Waals surface area contributed by atoms with Crippen LogP contribution in [0.1, 0.15) is 40.5 Å². The highest BCUT2D eigenvalue weighted by molar-refractivity contribution is 5.83. The van der Waals surface area contributed by atoms with Crippen molar-refractivity contribution in [3.63, 3.8) is 0 Å². The predicted octanol–water partition coefficient (Wildman–Crippen LogP) is 1.68. The molecule has 1 aliphatic heterocycles. The summed E-state index contributed by atoms with van der Waals surface area (Å²) in [4.78, 5) is 24.8. The van der Waals surface area contributed by atoms with E-state index in [0.29, 0.717) is 6.54 Å². The Morgan fingerprint density at radius 2 is 2.00 bits per heavy atom. The van der Waals surface area contributed by atoms with E-state index in [1.165, 1.54) is 0 Å². The van der Waals surface area contributed by atoms with Gasteiger partial charge in [-0.25, -0.2) is 9.59 Å². The number of carboxylic acid groups (broad SMARTS) is 1. The normalized spacial score (nSPS) is 22.4. The summed E-state index contributed by atoms with van der Waals surface area (Å²) in [6.45, 7) is 8.11. The number of hydrogen-bond acceptors (Lipinski definition) is 2. The van der Waals surface area contributed by atoms with Crippen molar-refractivity contribution >= 4 is 12.0 Å². The van der Waals surface area contributed by atoms with Crippen LogP contribution in [0, 0.1) is 5.41 Å². The van der Waals surface area contributed by atoms with E-state index in [2.05, 4.69) is 5.32 Å². The highest BCUT2D eigenvalue weighted by Crippen LogP contribution is 2.21.